The van der Waals surface area contributed by atoms with Crippen LogP contribution in [0, 0.1) is 6.92 Å². The highest BCUT2D eigenvalue weighted by atomic mass is 16.5. The molecule has 0 fully saturated rings. The average Bonchev–Trinajstić information content (AvgIpc) is 2.82. The first-order chi connectivity index (χ1) is 10.1. The van der Waals surface area contributed by atoms with Crippen molar-refractivity contribution in [3.8, 4) is 0 Å². The molecule has 0 bridgehead atoms. The minimum absolute atomic E-state index is 0.226. The second-order valence-corrected chi connectivity index (χ2v) is 5.58. The molecule has 21 heavy (non-hydrogen) atoms. The number of aromatic nitrogens is 1. The lowest BCUT2D eigenvalue weighted by molar-refractivity contribution is -0.136. The Morgan fingerprint density at radius 1 is 1.38 bits per heavy atom. The highest BCUT2D eigenvalue weighted by Gasteiger charge is 2.27. The third-order valence-electron chi connectivity index (χ3n) is 4.26. The molecule has 110 valence electrons. The van der Waals surface area contributed by atoms with Gasteiger partial charge in [0, 0.05) is 35.4 Å². The maximum atomic E-state index is 11.7. The summed E-state index contributed by atoms with van der Waals surface area (Å²) < 4.78 is 4.82. The van der Waals surface area contributed by atoms with Gasteiger partial charge in [-0.1, -0.05) is 18.2 Å². The molecule has 0 spiro atoms. The van der Waals surface area contributed by atoms with Crippen LogP contribution in [0.5, 0.6) is 0 Å². The molecule has 1 atom stereocenters. The minimum Gasteiger partial charge on any atom is -0.466 e. The molecule has 0 saturated carbocycles. The largest absolute Gasteiger partial charge is 0.466 e. The predicted octanol–water partition coefficient (Wildman–Crippen LogP) is 3.30. The summed E-state index contributed by atoms with van der Waals surface area (Å²) in [6.07, 6.45) is 3.59. The molecule has 1 aliphatic heterocycles. The monoisotopic (exact) mass is 284 g/mol. The van der Waals surface area contributed by atoms with Crippen LogP contribution >= 0.6 is 0 Å². The Labute approximate surface area is 124 Å². The number of fused-ring (bicyclic) bond motifs is 1. The van der Waals surface area contributed by atoms with Crippen molar-refractivity contribution in [1.29, 1.82) is 0 Å². The Morgan fingerprint density at radius 2 is 2.14 bits per heavy atom. The Bertz CT molecular complexity index is 715. The Hall–Kier alpha value is -2.23. The fourth-order valence-corrected chi connectivity index (χ4v) is 3.26. The third-order valence-corrected chi connectivity index (χ3v) is 4.26. The second-order valence-electron chi connectivity index (χ2n) is 5.58. The number of benzene rings is 1. The van der Waals surface area contributed by atoms with Gasteiger partial charge in [-0.05, 0) is 25.8 Å². The standard InChI is InChI=1S/C17H20N2O2/c1-11-16(13-6-4-5-7-14(13)18-11)15-9-8-12(10-19(15)2)17(20)21-3/h4-7,10,15,18H,8-9H2,1-3H3. The van der Waals surface area contributed by atoms with E-state index < -0.39 is 0 Å². The lowest BCUT2D eigenvalue weighted by Crippen LogP contribution is -2.26. The summed E-state index contributed by atoms with van der Waals surface area (Å²) in [6, 6.07) is 8.65. The number of rotatable bonds is 2. The first-order valence-corrected chi connectivity index (χ1v) is 7.20. The van der Waals surface area contributed by atoms with Gasteiger partial charge in [-0.15, -0.1) is 0 Å². The number of aromatic amines is 1. The van der Waals surface area contributed by atoms with E-state index >= 15 is 0 Å². The number of hydrogen-bond donors (Lipinski definition) is 1. The van der Waals surface area contributed by atoms with Crippen molar-refractivity contribution in [2.24, 2.45) is 0 Å². The second kappa shape index (κ2) is 5.28. The van der Waals surface area contributed by atoms with Crippen LogP contribution in [0.3, 0.4) is 0 Å². The van der Waals surface area contributed by atoms with Gasteiger partial charge in [0.15, 0.2) is 0 Å². The SMILES string of the molecule is COC(=O)C1=CN(C)C(c2c(C)[nH]c3ccccc23)CC1. The number of esters is 1. The topological polar surface area (TPSA) is 45.3 Å². The average molecular weight is 284 g/mol. The molecule has 0 radical (unpaired) electrons. The first-order valence-electron chi connectivity index (χ1n) is 7.20. The summed E-state index contributed by atoms with van der Waals surface area (Å²) in [6.45, 7) is 2.11. The molecule has 1 aromatic heterocycles. The lowest BCUT2D eigenvalue weighted by atomic mass is 9.93. The number of aryl methyl sites for hydroxylation is 1. The van der Waals surface area contributed by atoms with Crippen LogP contribution in [0.25, 0.3) is 10.9 Å². The van der Waals surface area contributed by atoms with Gasteiger partial charge in [0.25, 0.3) is 0 Å². The number of nitrogens with zero attached hydrogens (tertiary/aromatic N) is 1. The number of H-pyrrole nitrogens is 1. The molecule has 2 heterocycles. The van der Waals surface area contributed by atoms with Gasteiger partial charge < -0.3 is 14.6 Å². The smallest absolute Gasteiger partial charge is 0.335 e. The summed E-state index contributed by atoms with van der Waals surface area (Å²) in [5, 5.41) is 1.27. The zero-order valence-corrected chi connectivity index (χ0v) is 12.6. The molecule has 1 aromatic carbocycles. The molecular weight excluding hydrogens is 264 g/mol. The number of carbonyl (C=O) groups excluding carboxylic acids is 1. The Balaban J connectivity index is 1.99. The maximum Gasteiger partial charge on any atom is 0.335 e. The maximum absolute atomic E-state index is 11.7. The van der Waals surface area contributed by atoms with Crippen molar-refractivity contribution in [3.63, 3.8) is 0 Å². The van der Waals surface area contributed by atoms with Crippen molar-refractivity contribution in [2.45, 2.75) is 25.8 Å². The highest BCUT2D eigenvalue weighted by molar-refractivity contribution is 5.89. The number of hydrogen-bond acceptors (Lipinski definition) is 3. The van der Waals surface area contributed by atoms with Crippen molar-refractivity contribution >= 4 is 16.9 Å². The van der Waals surface area contributed by atoms with Gasteiger partial charge in [0.1, 0.15) is 0 Å². The number of para-hydroxylation sites is 1. The molecule has 1 unspecified atom stereocenters. The van der Waals surface area contributed by atoms with E-state index in [1.54, 1.807) is 0 Å². The van der Waals surface area contributed by atoms with E-state index in [0.29, 0.717) is 0 Å². The van der Waals surface area contributed by atoms with Crippen LogP contribution in [-0.4, -0.2) is 30.0 Å². The summed E-state index contributed by atoms with van der Waals surface area (Å²) in [4.78, 5) is 17.2. The van der Waals surface area contributed by atoms with Gasteiger partial charge in [0.2, 0.25) is 0 Å². The first kappa shape index (κ1) is 13.7. The predicted molar refractivity (Wildman–Crippen MR) is 82.9 cm³/mol. The minimum atomic E-state index is -0.226. The Morgan fingerprint density at radius 3 is 2.86 bits per heavy atom. The fourth-order valence-electron chi connectivity index (χ4n) is 3.26. The van der Waals surface area contributed by atoms with E-state index in [2.05, 4.69) is 35.0 Å². The van der Waals surface area contributed by atoms with Crippen LogP contribution in [0.1, 0.15) is 30.1 Å². The van der Waals surface area contributed by atoms with Crippen LogP contribution in [-0.2, 0) is 9.53 Å². The number of methoxy groups -OCH3 is 1. The van der Waals surface area contributed by atoms with Gasteiger partial charge in [0.05, 0.1) is 18.7 Å². The molecule has 1 N–H and O–H groups in total. The van der Waals surface area contributed by atoms with Crippen molar-refractivity contribution in [1.82, 2.24) is 9.88 Å². The number of carbonyl (C=O) groups is 1. The molecule has 3 rings (SSSR count). The van der Waals surface area contributed by atoms with E-state index in [1.165, 1.54) is 29.3 Å². The highest BCUT2D eigenvalue weighted by Crippen LogP contribution is 2.37. The number of nitrogens with one attached hydrogen (secondary N) is 1. The summed E-state index contributed by atoms with van der Waals surface area (Å²) >= 11 is 0. The van der Waals surface area contributed by atoms with Crippen molar-refractivity contribution in [2.75, 3.05) is 14.2 Å². The molecule has 2 aromatic rings. The van der Waals surface area contributed by atoms with Gasteiger partial charge in [-0.25, -0.2) is 4.79 Å². The van der Waals surface area contributed by atoms with E-state index in [0.717, 1.165) is 18.4 Å². The third kappa shape index (κ3) is 2.31. The van der Waals surface area contributed by atoms with Crippen LogP contribution < -0.4 is 0 Å². The van der Waals surface area contributed by atoms with Crippen LogP contribution in [0.15, 0.2) is 36.0 Å². The van der Waals surface area contributed by atoms with E-state index in [-0.39, 0.29) is 12.0 Å². The molecule has 0 aliphatic carbocycles. The van der Waals surface area contributed by atoms with Crippen LogP contribution in [0.4, 0.5) is 0 Å². The zero-order chi connectivity index (χ0) is 15.0. The summed E-state index contributed by atoms with van der Waals surface area (Å²) in [5.41, 5.74) is 4.44. The zero-order valence-electron chi connectivity index (χ0n) is 12.6. The normalized spacial score (nSPS) is 18.7. The molecule has 1 aliphatic rings. The van der Waals surface area contributed by atoms with Crippen molar-refractivity contribution in [3.05, 3.63) is 47.3 Å². The van der Waals surface area contributed by atoms with Gasteiger partial charge in [-0.2, -0.15) is 0 Å². The lowest BCUT2D eigenvalue weighted by Gasteiger charge is -2.32. The quantitative estimate of drug-likeness (QED) is 0.861. The molecule has 4 heteroatoms. The van der Waals surface area contributed by atoms with E-state index in [9.17, 15) is 4.79 Å². The fraction of sp³-hybridized carbons (Fsp3) is 0.353. The van der Waals surface area contributed by atoms with E-state index in [4.69, 9.17) is 4.74 Å². The van der Waals surface area contributed by atoms with Crippen molar-refractivity contribution < 1.29 is 9.53 Å². The van der Waals surface area contributed by atoms with Gasteiger partial charge in [-0.3, -0.25) is 0 Å². The molecule has 4 nitrogen and oxygen atoms in total. The summed E-state index contributed by atoms with van der Waals surface area (Å²) in [7, 11) is 3.45. The number of ether oxygens (including phenoxy) is 1. The summed E-state index contributed by atoms with van der Waals surface area (Å²) in [5.74, 6) is -0.226. The molecule has 0 saturated heterocycles. The molecule has 0 amide bonds. The Kier molecular flexibility index (Phi) is 3.45. The van der Waals surface area contributed by atoms with Gasteiger partial charge >= 0.3 is 5.97 Å². The van der Waals surface area contributed by atoms with E-state index in [1.807, 2.05) is 19.3 Å². The molecular formula is C17H20N2O2. The van der Waals surface area contributed by atoms with Crippen LogP contribution in [0.2, 0.25) is 0 Å².